The van der Waals surface area contributed by atoms with E-state index in [0.717, 1.165) is 0 Å². The van der Waals surface area contributed by atoms with Crippen LogP contribution in [-0.2, 0) is 0 Å². The van der Waals surface area contributed by atoms with Crippen LogP contribution in [0.2, 0.25) is 0 Å². The molecule has 46 valence electrons. The van der Waals surface area contributed by atoms with Crippen molar-refractivity contribution in [2.75, 3.05) is 0 Å². The lowest BCUT2D eigenvalue weighted by molar-refractivity contribution is 0.0110. The summed E-state index contributed by atoms with van der Waals surface area (Å²) in [5, 5.41) is 0. The van der Waals surface area contributed by atoms with Crippen LogP contribution in [0.15, 0.2) is 36.4 Å². The van der Waals surface area contributed by atoms with Crippen molar-refractivity contribution in [2.24, 2.45) is 0 Å². The topological polar surface area (TPSA) is 36.4 Å². The second-order valence-corrected chi connectivity index (χ2v) is 1.30. The summed E-state index contributed by atoms with van der Waals surface area (Å²) in [5.41, 5.74) is 7.08. The zero-order valence-corrected chi connectivity index (χ0v) is 5.07. The van der Waals surface area contributed by atoms with Gasteiger partial charge in [0.2, 0.25) is 6.72 Å². The molecule has 1 aromatic carbocycles. The first kappa shape index (κ1) is 7.60. The van der Waals surface area contributed by atoms with Crippen molar-refractivity contribution in [3.63, 3.8) is 0 Å². The van der Waals surface area contributed by atoms with E-state index in [1.807, 2.05) is 36.4 Å². The Morgan fingerprint density at radius 3 is 1.11 bits per heavy atom. The summed E-state index contributed by atoms with van der Waals surface area (Å²) in [6.07, 6.45) is 0. The van der Waals surface area contributed by atoms with Crippen molar-refractivity contribution in [3.05, 3.63) is 41.9 Å². The first-order chi connectivity index (χ1) is 4.41. The van der Waals surface area contributed by atoms with Crippen LogP contribution in [0.5, 0.6) is 0 Å². The molecule has 0 aromatic heterocycles. The summed E-state index contributed by atoms with van der Waals surface area (Å²) in [4.78, 5) is 2.25. The number of benzene rings is 1. The van der Waals surface area contributed by atoms with Gasteiger partial charge in [-0.05, 0) is 0 Å². The highest BCUT2D eigenvalue weighted by Crippen LogP contribution is 1.79. The van der Waals surface area contributed by atoms with Gasteiger partial charge in [0, 0.05) is 0 Å². The molecule has 2 nitrogen and oxygen atoms in total. The molecular weight excluding hydrogens is 112 g/mol. The zero-order valence-electron chi connectivity index (χ0n) is 5.07. The van der Waals surface area contributed by atoms with E-state index in [4.69, 9.17) is 5.53 Å². The quantitative estimate of drug-likeness (QED) is 0.283. The van der Waals surface area contributed by atoms with Gasteiger partial charge in [0.25, 0.3) is 0 Å². The lowest BCUT2D eigenvalue weighted by atomic mass is 10.4. The van der Waals surface area contributed by atoms with E-state index < -0.39 is 0 Å². The summed E-state index contributed by atoms with van der Waals surface area (Å²) in [6, 6.07) is 12.0. The van der Waals surface area contributed by atoms with Gasteiger partial charge in [0.15, 0.2) is 0 Å². The summed E-state index contributed by atoms with van der Waals surface area (Å²) in [6.45, 7) is 2.67. The Balaban J connectivity index is 0.000000187. The molecule has 0 radical (unpaired) electrons. The van der Waals surface area contributed by atoms with Crippen LogP contribution < -0.4 is 0 Å². The van der Waals surface area contributed by atoms with E-state index in [9.17, 15) is 0 Å². The molecular formula is C7H8N2. The van der Waals surface area contributed by atoms with Gasteiger partial charge in [-0.25, -0.2) is 0 Å². The second kappa shape index (κ2) is 6.60. The van der Waals surface area contributed by atoms with Crippen LogP contribution in [0.4, 0.5) is 0 Å². The maximum atomic E-state index is 7.08. The second-order valence-electron chi connectivity index (χ2n) is 1.30. The van der Waals surface area contributed by atoms with Gasteiger partial charge in [0.1, 0.15) is 0 Å². The summed E-state index contributed by atoms with van der Waals surface area (Å²) >= 11 is 0. The molecule has 1 rings (SSSR count). The predicted octanol–water partition coefficient (Wildman–Crippen LogP) is 1.60. The highest BCUT2D eigenvalue weighted by molar-refractivity contribution is 5.12. The fraction of sp³-hybridized carbons (Fsp3) is 0. The third-order valence-electron chi connectivity index (χ3n) is 0.667. The first-order valence-electron chi connectivity index (χ1n) is 2.52. The molecule has 0 saturated heterocycles. The highest BCUT2D eigenvalue weighted by atomic mass is 14.8. The average Bonchev–Trinajstić information content (AvgIpc) is 1.93. The van der Waals surface area contributed by atoms with Gasteiger partial charge in [-0.1, -0.05) is 36.4 Å². The van der Waals surface area contributed by atoms with Crippen LogP contribution in [0, 0.1) is 0 Å². The molecule has 0 fully saturated rings. The van der Waals surface area contributed by atoms with Crippen molar-refractivity contribution in [2.45, 2.75) is 0 Å². The fourth-order valence-corrected chi connectivity index (χ4v) is 0.385. The molecule has 0 N–H and O–H groups in total. The molecule has 2 heteroatoms. The molecule has 0 aliphatic rings. The third kappa shape index (κ3) is 6.60. The highest BCUT2D eigenvalue weighted by Gasteiger charge is 1.57. The molecule has 0 heterocycles. The Labute approximate surface area is 54.4 Å². The van der Waals surface area contributed by atoms with Gasteiger partial charge in [-0.15, -0.1) is 0 Å². The van der Waals surface area contributed by atoms with E-state index in [1.54, 1.807) is 0 Å². The molecule has 0 saturated carbocycles. The predicted molar refractivity (Wildman–Crippen MR) is 37.2 cm³/mol. The lowest BCUT2D eigenvalue weighted by Gasteiger charge is -1.69. The van der Waals surface area contributed by atoms with E-state index >= 15 is 0 Å². The van der Waals surface area contributed by atoms with E-state index in [0.29, 0.717) is 0 Å². The standard InChI is InChI=1S/C6H6.CH2N2/c1-2-4-6-5-3-1;1-3-2/h1-6H;1H2. The molecule has 0 amide bonds. The van der Waals surface area contributed by atoms with Crippen molar-refractivity contribution < 1.29 is 4.79 Å². The largest absolute Gasteiger partial charge is 0.362 e. The van der Waals surface area contributed by atoms with Crippen LogP contribution in [0.1, 0.15) is 0 Å². The average molecular weight is 120 g/mol. The Bertz CT molecular complexity index is 137. The van der Waals surface area contributed by atoms with Gasteiger partial charge in [0.05, 0.1) is 0 Å². The van der Waals surface area contributed by atoms with Crippen molar-refractivity contribution in [1.82, 2.24) is 0 Å². The molecule has 0 atom stereocenters. The van der Waals surface area contributed by atoms with Crippen LogP contribution >= 0.6 is 0 Å². The van der Waals surface area contributed by atoms with Gasteiger partial charge < -0.3 is 5.53 Å². The third-order valence-corrected chi connectivity index (χ3v) is 0.667. The molecule has 9 heavy (non-hydrogen) atoms. The number of nitrogens with zero attached hydrogens (tertiary/aromatic N) is 2. The fourth-order valence-electron chi connectivity index (χ4n) is 0.385. The molecule has 0 aliphatic carbocycles. The Morgan fingerprint density at radius 2 is 1.00 bits per heavy atom. The zero-order chi connectivity index (χ0) is 6.95. The summed E-state index contributed by atoms with van der Waals surface area (Å²) in [7, 11) is 0. The number of hydrogen-bond acceptors (Lipinski definition) is 0. The number of hydrogen-bond donors (Lipinski definition) is 0. The van der Waals surface area contributed by atoms with E-state index in [2.05, 4.69) is 11.5 Å². The van der Waals surface area contributed by atoms with E-state index in [1.165, 1.54) is 0 Å². The minimum absolute atomic E-state index is 2.00. The van der Waals surface area contributed by atoms with Crippen molar-refractivity contribution >= 4 is 6.72 Å². The Hall–Kier alpha value is -1.40. The van der Waals surface area contributed by atoms with Gasteiger partial charge in [-0.2, -0.15) is 4.79 Å². The number of rotatable bonds is 0. The molecule has 0 unspecified atom stereocenters. The van der Waals surface area contributed by atoms with E-state index in [-0.39, 0.29) is 0 Å². The smallest absolute Gasteiger partial charge is 0.245 e. The molecule has 1 aromatic rings. The normalized spacial score (nSPS) is 6.22. The molecule has 0 bridgehead atoms. The van der Waals surface area contributed by atoms with Crippen LogP contribution in [-0.4, -0.2) is 11.5 Å². The maximum absolute atomic E-state index is 7.08. The molecule has 0 aliphatic heterocycles. The maximum Gasteiger partial charge on any atom is 0.245 e. The SMILES string of the molecule is C=[N+]=[N-].c1ccccc1. The Kier molecular flexibility index (Phi) is 5.57. The minimum Gasteiger partial charge on any atom is -0.362 e. The summed E-state index contributed by atoms with van der Waals surface area (Å²) in [5.74, 6) is 0. The van der Waals surface area contributed by atoms with Gasteiger partial charge in [-0.3, -0.25) is 0 Å². The van der Waals surface area contributed by atoms with Crippen molar-refractivity contribution in [3.8, 4) is 0 Å². The van der Waals surface area contributed by atoms with Crippen LogP contribution in [0.3, 0.4) is 0 Å². The Morgan fingerprint density at radius 1 is 0.889 bits per heavy atom. The van der Waals surface area contributed by atoms with Crippen LogP contribution in [0.25, 0.3) is 5.53 Å². The van der Waals surface area contributed by atoms with Crippen molar-refractivity contribution in [1.29, 1.82) is 0 Å². The van der Waals surface area contributed by atoms with Gasteiger partial charge >= 0.3 is 0 Å². The monoisotopic (exact) mass is 120 g/mol. The lowest BCUT2D eigenvalue weighted by Crippen LogP contribution is -1.47. The molecule has 0 spiro atoms. The first-order valence-corrected chi connectivity index (χ1v) is 2.52. The summed E-state index contributed by atoms with van der Waals surface area (Å²) < 4.78 is 0. The minimum atomic E-state index is 2.00.